The van der Waals surface area contributed by atoms with Crippen molar-refractivity contribution in [2.45, 2.75) is 58.1 Å². The molecule has 6 heteroatoms. The van der Waals surface area contributed by atoms with Crippen LogP contribution in [-0.4, -0.2) is 30.4 Å². The molecule has 114 valence electrons. The van der Waals surface area contributed by atoms with Gasteiger partial charge in [0.1, 0.15) is 16.4 Å². The van der Waals surface area contributed by atoms with Crippen LogP contribution in [-0.2, 0) is 16.6 Å². The standard InChI is InChI=1S/C14H23NO4S/c1-9-5-6-15(10(2)7-9)20(17,18)14-12(4)19-11(3)13(14)8-16/h9-10,16H,5-8H2,1-4H3. The highest BCUT2D eigenvalue weighted by Crippen LogP contribution is 2.33. The van der Waals surface area contributed by atoms with Crippen molar-refractivity contribution in [3.8, 4) is 0 Å². The van der Waals surface area contributed by atoms with Gasteiger partial charge >= 0.3 is 0 Å². The van der Waals surface area contributed by atoms with Crippen LogP contribution in [0.4, 0.5) is 0 Å². The lowest BCUT2D eigenvalue weighted by Gasteiger charge is -2.35. The number of hydrogen-bond acceptors (Lipinski definition) is 4. The predicted molar refractivity (Wildman–Crippen MR) is 75.9 cm³/mol. The molecule has 0 aliphatic carbocycles. The van der Waals surface area contributed by atoms with Crippen molar-refractivity contribution < 1.29 is 17.9 Å². The van der Waals surface area contributed by atoms with Gasteiger partial charge in [0, 0.05) is 18.2 Å². The number of nitrogens with zero attached hydrogens (tertiary/aromatic N) is 1. The molecule has 0 bridgehead atoms. The molecule has 2 heterocycles. The highest BCUT2D eigenvalue weighted by Gasteiger charge is 2.37. The van der Waals surface area contributed by atoms with E-state index in [1.54, 1.807) is 18.2 Å². The molecule has 5 nitrogen and oxygen atoms in total. The zero-order valence-electron chi connectivity index (χ0n) is 12.5. The first-order chi connectivity index (χ1) is 9.28. The number of piperidine rings is 1. The van der Waals surface area contributed by atoms with E-state index in [-0.39, 0.29) is 17.5 Å². The van der Waals surface area contributed by atoms with Gasteiger partial charge < -0.3 is 9.52 Å². The monoisotopic (exact) mass is 301 g/mol. The third-order valence-corrected chi connectivity index (χ3v) is 6.34. The number of furan rings is 1. The van der Waals surface area contributed by atoms with E-state index in [1.165, 1.54) is 0 Å². The largest absolute Gasteiger partial charge is 0.465 e. The quantitative estimate of drug-likeness (QED) is 0.929. The molecule has 1 aliphatic heterocycles. The number of aliphatic hydroxyl groups excluding tert-OH is 1. The van der Waals surface area contributed by atoms with Crippen LogP contribution in [0.1, 0.15) is 43.8 Å². The fourth-order valence-corrected chi connectivity index (χ4v) is 5.16. The topological polar surface area (TPSA) is 70.8 Å². The first kappa shape index (κ1) is 15.5. The molecule has 2 unspecified atom stereocenters. The van der Waals surface area contributed by atoms with Crippen molar-refractivity contribution in [1.82, 2.24) is 4.31 Å². The Morgan fingerprint density at radius 1 is 1.30 bits per heavy atom. The van der Waals surface area contributed by atoms with Crippen molar-refractivity contribution in [2.75, 3.05) is 6.54 Å². The van der Waals surface area contributed by atoms with Crippen molar-refractivity contribution >= 4 is 10.0 Å². The van der Waals surface area contributed by atoms with Crippen LogP contribution in [0, 0.1) is 19.8 Å². The summed E-state index contributed by atoms with van der Waals surface area (Å²) in [6, 6.07) is -0.0232. The number of sulfonamides is 1. The summed E-state index contributed by atoms with van der Waals surface area (Å²) in [4.78, 5) is 0.152. The highest BCUT2D eigenvalue weighted by molar-refractivity contribution is 7.89. The molecule has 0 radical (unpaired) electrons. The number of hydrogen-bond donors (Lipinski definition) is 1. The van der Waals surface area contributed by atoms with Gasteiger partial charge in [-0.15, -0.1) is 0 Å². The molecule has 1 aliphatic rings. The summed E-state index contributed by atoms with van der Waals surface area (Å²) >= 11 is 0. The molecule has 0 saturated carbocycles. The molecule has 1 aromatic heterocycles. The maximum Gasteiger partial charge on any atom is 0.247 e. The van der Waals surface area contributed by atoms with Gasteiger partial charge in [-0.05, 0) is 39.5 Å². The van der Waals surface area contributed by atoms with E-state index in [4.69, 9.17) is 4.42 Å². The zero-order valence-corrected chi connectivity index (χ0v) is 13.3. The Morgan fingerprint density at radius 3 is 2.50 bits per heavy atom. The van der Waals surface area contributed by atoms with Crippen molar-refractivity contribution in [3.63, 3.8) is 0 Å². The summed E-state index contributed by atoms with van der Waals surface area (Å²) in [6.45, 7) is 7.60. The summed E-state index contributed by atoms with van der Waals surface area (Å²) in [5.74, 6) is 1.37. The van der Waals surface area contributed by atoms with Crippen molar-refractivity contribution in [3.05, 3.63) is 17.1 Å². The number of rotatable bonds is 3. The average molecular weight is 301 g/mol. The van der Waals surface area contributed by atoms with Crippen LogP contribution in [0.3, 0.4) is 0 Å². The van der Waals surface area contributed by atoms with Gasteiger partial charge in [-0.3, -0.25) is 0 Å². The van der Waals surface area contributed by atoms with Crippen LogP contribution < -0.4 is 0 Å². The molecule has 2 rings (SSSR count). The smallest absolute Gasteiger partial charge is 0.247 e. The van der Waals surface area contributed by atoms with E-state index in [2.05, 4.69) is 6.92 Å². The Balaban J connectivity index is 2.46. The van der Waals surface area contributed by atoms with E-state index in [9.17, 15) is 13.5 Å². The summed E-state index contributed by atoms with van der Waals surface area (Å²) in [5.41, 5.74) is 0.383. The molecule has 0 amide bonds. The Kier molecular flexibility index (Phi) is 4.27. The maximum absolute atomic E-state index is 12.9. The molecule has 0 spiro atoms. The first-order valence-corrected chi connectivity index (χ1v) is 8.44. The van der Waals surface area contributed by atoms with Gasteiger partial charge in [0.2, 0.25) is 10.0 Å². The van der Waals surface area contributed by atoms with E-state index < -0.39 is 10.0 Å². The summed E-state index contributed by atoms with van der Waals surface area (Å²) in [6.07, 6.45) is 1.73. The number of aryl methyl sites for hydroxylation is 2. The van der Waals surface area contributed by atoms with Crippen LogP contribution in [0.5, 0.6) is 0 Å². The van der Waals surface area contributed by atoms with E-state index in [0.29, 0.717) is 29.5 Å². The third kappa shape index (κ3) is 2.52. The van der Waals surface area contributed by atoms with Crippen molar-refractivity contribution in [2.24, 2.45) is 5.92 Å². The summed E-state index contributed by atoms with van der Waals surface area (Å²) in [7, 11) is -3.61. The molecule has 20 heavy (non-hydrogen) atoms. The van der Waals surface area contributed by atoms with Gasteiger partial charge in [-0.1, -0.05) is 6.92 Å². The lowest BCUT2D eigenvalue weighted by Crippen LogP contribution is -2.44. The van der Waals surface area contributed by atoms with Gasteiger partial charge in [0.15, 0.2) is 0 Å². The summed E-state index contributed by atoms with van der Waals surface area (Å²) in [5, 5.41) is 9.44. The van der Waals surface area contributed by atoms with Crippen LogP contribution in [0.2, 0.25) is 0 Å². The van der Waals surface area contributed by atoms with Crippen LogP contribution in [0.25, 0.3) is 0 Å². The second-order valence-corrected chi connectivity index (χ2v) is 7.60. The fraction of sp³-hybridized carbons (Fsp3) is 0.714. The normalized spacial score (nSPS) is 25.1. The van der Waals surface area contributed by atoms with E-state index >= 15 is 0 Å². The molecule has 2 atom stereocenters. The highest BCUT2D eigenvalue weighted by atomic mass is 32.2. The van der Waals surface area contributed by atoms with E-state index in [1.807, 2.05) is 6.92 Å². The molecule has 0 aromatic carbocycles. The maximum atomic E-state index is 12.9. The first-order valence-electron chi connectivity index (χ1n) is 7.00. The van der Waals surface area contributed by atoms with Crippen molar-refractivity contribution in [1.29, 1.82) is 0 Å². The van der Waals surface area contributed by atoms with Crippen LogP contribution in [0.15, 0.2) is 9.31 Å². The minimum atomic E-state index is -3.61. The van der Waals surface area contributed by atoms with Gasteiger partial charge in [-0.2, -0.15) is 4.31 Å². The minimum absolute atomic E-state index is 0.0232. The molecule has 1 saturated heterocycles. The second kappa shape index (κ2) is 5.50. The zero-order chi connectivity index (χ0) is 15.1. The minimum Gasteiger partial charge on any atom is -0.465 e. The SMILES string of the molecule is Cc1oc(C)c(S(=O)(=O)N2CCC(C)CC2C)c1CO. The Morgan fingerprint density at radius 2 is 1.95 bits per heavy atom. The predicted octanol–water partition coefficient (Wildman–Crippen LogP) is 2.20. The third-order valence-electron chi connectivity index (χ3n) is 4.13. The van der Waals surface area contributed by atoms with Crippen LogP contribution >= 0.6 is 0 Å². The Labute approximate surface area is 120 Å². The summed E-state index contributed by atoms with van der Waals surface area (Å²) < 4.78 is 32.7. The lowest BCUT2D eigenvalue weighted by molar-refractivity contribution is 0.219. The molecular formula is C14H23NO4S. The van der Waals surface area contributed by atoms with Gasteiger partial charge in [0.05, 0.1) is 6.61 Å². The average Bonchev–Trinajstić information content (AvgIpc) is 2.63. The van der Waals surface area contributed by atoms with Gasteiger partial charge in [0.25, 0.3) is 0 Å². The Bertz CT molecular complexity index is 591. The molecular weight excluding hydrogens is 278 g/mol. The van der Waals surface area contributed by atoms with E-state index in [0.717, 1.165) is 12.8 Å². The molecule has 1 fully saturated rings. The lowest BCUT2D eigenvalue weighted by atomic mass is 9.95. The second-order valence-electron chi connectivity index (χ2n) is 5.77. The number of aliphatic hydroxyl groups is 1. The Hall–Kier alpha value is -0.850. The molecule has 1 aromatic rings. The van der Waals surface area contributed by atoms with Gasteiger partial charge in [-0.25, -0.2) is 8.42 Å². The molecule has 1 N–H and O–H groups in total. The fourth-order valence-electron chi connectivity index (χ4n) is 3.09.